The quantitative estimate of drug-likeness (QED) is 0.726. The lowest BCUT2D eigenvalue weighted by atomic mass is 10.0. The lowest BCUT2D eigenvalue weighted by Crippen LogP contribution is -2.62. The van der Waals surface area contributed by atoms with Crippen molar-refractivity contribution in [1.82, 2.24) is 10.2 Å². The van der Waals surface area contributed by atoms with Crippen molar-refractivity contribution in [3.8, 4) is 0 Å². The number of halogens is 2. The standard InChI is InChI=1S/C14H25F2N3O3/c1-13(2,3)22-12(21)18-10(6-4-5-7-17)11(20)19-8-14(15,16)9-19/h10H,4-9,17H2,1-3H3,(H,18,21)/t10-/m0/s1. The number of nitrogens with two attached hydrogens (primary N) is 1. The lowest BCUT2D eigenvalue weighted by molar-refractivity contribution is -0.167. The molecule has 8 heteroatoms. The fraction of sp³-hybridized carbons (Fsp3) is 0.857. The summed E-state index contributed by atoms with van der Waals surface area (Å²) >= 11 is 0. The minimum Gasteiger partial charge on any atom is -0.444 e. The molecule has 3 N–H and O–H groups in total. The molecule has 0 aromatic heterocycles. The van der Waals surface area contributed by atoms with Crippen LogP contribution in [0.3, 0.4) is 0 Å². The molecule has 22 heavy (non-hydrogen) atoms. The Morgan fingerprint density at radius 1 is 1.32 bits per heavy atom. The van der Waals surface area contributed by atoms with Crippen molar-refractivity contribution in [2.24, 2.45) is 5.73 Å². The molecule has 1 aliphatic heterocycles. The number of alkyl carbamates (subject to hydrolysis) is 1. The van der Waals surface area contributed by atoms with Crippen molar-refractivity contribution in [1.29, 1.82) is 0 Å². The summed E-state index contributed by atoms with van der Waals surface area (Å²) in [6.07, 6.45) is 0.922. The van der Waals surface area contributed by atoms with Crippen molar-refractivity contribution < 1.29 is 23.1 Å². The van der Waals surface area contributed by atoms with Crippen LogP contribution in [-0.2, 0) is 9.53 Å². The first-order valence-corrected chi connectivity index (χ1v) is 7.40. The number of rotatable bonds is 6. The molecule has 0 saturated carbocycles. The van der Waals surface area contributed by atoms with E-state index in [-0.39, 0.29) is 0 Å². The summed E-state index contributed by atoms with van der Waals surface area (Å²) in [6, 6.07) is -0.863. The summed E-state index contributed by atoms with van der Waals surface area (Å²) in [6.45, 7) is 4.37. The number of nitrogens with zero attached hydrogens (tertiary/aromatic N) is 1. The van der Waals surface area contributed by atoms with Gasteiger partial charge in [-0.05, 0) is 46.6 Å². The minimum absolute atomic E-state index is 0.345. The second-order valence-electron chi connectivity index (χ2n) is 6.53. The SMILES string of the molecule is CC(C)(C)OC(=O)N[C@@H](CCCCN)C(=O)N1CC(F)(F)C1. The van der Waals surface area contributed by atoms with Gasteiger partial charge in [-0.2, -0.15) is 0 Å². The van der Waals surface area contributed by atoms with Crippen LogP contribution in [0.15, 0.2) is 0 Å². The molecule has 6 nitrogen and oxygen atoms in total. The highest BCUT2D eigenvalue weighted by molar-refractivity contribution is 5.86. The van der Waals surface area contributed by atoms with Crippen LogP contribution in [0.5, 0.6) is 0 Å². The van der Waals surface area contributed by atoms with Crippen LogP contribution in [-0.4, -0.2) is 54.1 Å². The Kier molecular flexibility index (Phi) is 6.10. The predicted molar refractivity (Wildman–Crippen MR) is 77.6 cm³/mol. The maximum absolute atomic E-state index is 12.9. The number of hydrogen-bond acceptors (Lipinski definition) is 4. The van der Waals surface area contributed by atoms with Crippen LogP contribution >= 0.6 is 0 Å². The molecule has 0 radical (unpaired) electrons. The number of hydrogen-bond donors (Lipinski definition) is 2. The van der Waals surface area contributed by atoms with E-state index < -0.39 is 42.7 Å². The van der Waals surface area contributed by atoms with Crippen LogP contribution in [0, 0.1) is 0 Å². The number of carbonyl (C=O) groups excluding carboxylic acids is 2. The fourth-order valence-electron chi connectivity index (χ4n) is 2.09. The predicted octanol–water partition coefficient (Wildman–Crippen LogP) is 1.49. The van der Waals surface area contributed by atoms with Gasteiger partial charge in [-0.15, -0.1) is 0 Å². The monoisotopic (exact) mass is 321 g/mol. The molecule has 128 valence electrons. The van der Waals surface area contributed by atoms with Gasteiger partial charge in [0.1, 0.15) is 11.6 Å². The van der Waals surface area contributed by atoms with Gasteiger partial charge in [0.25, 0.3) is 5.92 Å². The van der Waals surface area contributed by atoms with E-state index >= 15 is 0 Å². The normalized spacial score (nSPS) is 18.4. The molecule has 0 unspecified atom stereocenters. The van der Waals surface area contributed by atoms with Crippen molar-refractivity contribution in [2.75, 3.05) is 19.6 Å². The van der Waals surface area contributed by atoms with Crippen molar-refractivity contribution >= 4 is 12.0 Å². The highest BCUT2D eigenvalue weighted by atomic mass is 19.3. The van der Waals surface area contributed by atoms with Gasteiger partial charge >= 0.3 is 6.09 Å². The zero-order valence-corrected chi connectivity index (χ0v) is 13.3. The molecule has 0 aromatic rings. The Bertz CT molecular complexity index is 403. The molecule has 1 atom stereocenters. The van der Waals surface area contributed by atoms with Crippen molar-refractivity contribution in [3.63, 3.8) is 0 Å². The van der Waals surface area contributed by atoms with Crippen LogP contribution in [0.2, 0.25) is 0 Å². The molecule has 0 spiro atoms. The number of alkyl halides is 2. The molecule has 1 fully saturated rings. The first kappa shape index (κ1) is 18.6. The minimum atomic E-state index is -2.83. The lowest BCUT2D eigenvalue weighted by Gasteiger charge is -2.40. The van der Waals surface area contributed by atoms with Crippen LogP contribution in [0.4, 0.5) is 13.6 Å². The third kappa shape index (κ3) is 6.13. The summed E-state index contributed by atoms with van der Waals surface area (Å²) in [5.41, 5.74) is 4.71. The zero-order chi connectivity index (χ0) is 17.0. The van der Waals surface area contributed by atoms with Gasteiger partial charge in [0.2, 0.25) is 5.91 Å². The van der Waals surface area contributed by atoms with Crippen LogP contribution in [0.25, 0.3) is 0 Å². The Labute approximate surface area is 129 Å². The Morgan fingerprint density at radius 2 is 1.91 bits per heavy atom. The van der Waals surface area contributed by atoms with Crippen molar-refractivity contribution in [3.05, 3.63) is 0 Å². The number of unbranched alkanes of at least 4 members (excludes halogenated alkanes) is 1. The van der Waals surface area contributed by atoms with E-state index in [4.69, 9.17) is 10.5 Å². The maximum atomic E-state index is 12.9. The molecule has 1 aliphatic rings. The van der Waals surface area contributed by atoms with Gasteiger partial charge in [-0.25, -0.2) is 13.6 Å². The molecule has 1 rings (SSSR count). The number of nitrogens with one attached hydrogen (secondary N) is 1. The van der Waals surface area contributed by atoms with Crippen molar-refractivity contribution in [2.45, 2.75) is 57.6 Å². The first-order chi connectivity index (χ1) is 10.0. The summed E-state index contributed by atoms with van der Waals surface area (Å²) in [5.74, 6) is -3.34. The molecular formula is C14H25F2N3O3. The molecular weight excluding hydrogens is 296 g/mol. The van der Waals surface area contributed by atoms with Gasteiger partial charge in [0.15, 0.2) is 0 Å². The van der Waals surface area contributed by atoms with E-state index in [1.807, 2.05) is 0 Å². The third-order valence-electron chi connectivity index (χ3n) is 3.09. The summed E-state index contributed by atoms with van der Waals surface area (Å²) in [5, 5.41) is 2.47. The van der Waals surface area contributed by atoms with E-state index in [1.54, 1.807) is 20.8 Å². The average Bonchev–Trinajstić information content (AvgIpc) is 2.31. The van der Waals surface area contributed by atoms with Gasteiger partial charge in [0, 0.05) is 0 Å². The third-order valence-corrected chi connectivity index (χ3v) is 3.09. The summed E-state index contributed by atoms with van der Waals surface area (Å²) in [7, 11) is 0. The first-order valence-electron chi connectivity index (χ1n) is 7.40. The van der Waals surface area contributed by atoms with Gasteiger partial charge < -0.3 is 20.7 Å². The number of carbonyl (C=O) groups is 2. The van der Waals surface area contributed by atoms with E-state index in [1.165, 1.54) is 0 Å². The van der Waals surface area contributed by atoms with E-state index in [9.17, 15) is 18.4 Å². The Hall–Kier alpha value is -1.44. The molecule has 0 aromatic carbocycles. The molecule has 1 heterocycles. The molecule has 0 bridgehead atoms. The topological polar surface area (TPSA) is 84.7 Å². The van der Waals surface area contributed by atoms with Gasteiger partial charge in [-0.3, -0.25) is 4.79 Å². The Morgan fingerprint density at radius 3 is 2.36 bits per heavy atom. The van der Waals surface area contributed by atoms with E-state index in [0.717, 1.165) is 4.90 Å². The highest BCUT2D eigenvalue weighted by Gasteiger charge is 2.47. The molecule has 2 amide bonds. The zero-order valence-electron chi connectivity index (χ0n) is 13.3. The number of likely N-dealkylation sites (tertiary alicyclic amines) is 1. The van der Waals surface area contributed by atoms with E-state index in [2.05, 4.69) is 5.32 Å². The molecule has 1 saturated heterocycles. The fourth-order valence-corrected chi connectivity index (χ4v) is 2.09. The smallest absolute Gasteiger partial charge is 0.408 e. The van der Waals surface area contributed by atoms with Gasteiger partial charge in [0.05, 0.1) is 13.1 Å². The number of ether oxygens (including phenoxy) is 1. The molecule has 0 aliphatic carbocycles. The highest BCUT2D eigenvalue weighted by Crippen LogP contribution is 2.27. The Balaban J connectivity index is 2.59. The largest absolute Gasteiger partial charge is 0.444 e. The number of amides is 2. The van der Waals surface area contributed by atoms with E-state index in [0.29, 0.717) is 25.8 Å². The second-order valence-corrected chi connectivity index (χ2v) is 6.53. The summed E-state index contributed by atoms with van der Waals surface area (Å²) in [4.78, 5) is 25.0. The second kappa shape index (κ2) is 7.21. The maximum Gasteiger partial charge on any atom is 0.408 e. The van der Waals surface area contributed by atoms with Crippen LogP contribution < -0.4 is 11.1 Å². The average molecular weight is 321 g/mol. The van der Waals surface area contributed by atoms with Gasteiger partial charge in [-0.1, -0.05) is 0 Å². The summed E-state index contributed by atoms with van der Waals surface area (Å²) < 4.78 is 30.9. The van der Waals surface area contributed by atoms with Crippen LogP contribution in [0.1, 0.15) is 40.0 Å².